The van der Waals surface area contributed by atoms with Crippen LogP contribution in [0.3, 0.4) is 0 Å². The lowest BCUT2D eigenvalue weighted by Crippen LogP contribution is -1.97. The standard InChI is InChI=1S/C13H20O2.CH2O2/c1-2-3-4-5-8-11-15-13-10-7-6-9-12(13)14;2-1-3/h6-7,9-10,14H,2-5,8,11H2,1H3;1H,(H,2,3). The van der Waals surface area contributed by atoms with Crippen LogP contribution in [-0.4, -0.2) is 23.3 Å². The zero-order chi connectivity index (χ0) is 13.6. The van der Waals surface area contributed by atoms with Crippen molar-refractivity contribution >= 4 is 6.47 Å². The van der Waals surface area contributed by atoms with Crippen molar-refractivity contribution in [3.63, 3.8) is 0 Å². The van der Waals surface area contributed by atoms with Gasteiger partial charge in [-0.25, -0.2) is 0 Å². The number of phenolic OH excluding ortho intramolecular Hbond substituents is 1. The zero-order valence-corrected chi connectivity index (χ0v) is 10.8. The smallest absolute Gasteiger partial charge is 0.290 e. The Labute approximate surface area is 108 Å². The summed E-state index contributed by atoms with van der Waals surface area (Å²) in [7, 11) is 0. The van der Waals surface area contributed by atoms with Gasteiger partial charge in [0, 0.05) is 0 Å². The summed E-state index contributed by atoms with van der Waals surface area (Å²) in [5.41, 5.74) is 0. The Morgan fingerprint density at radius 1 is 1.17 bits per heavy atom. The number of hydrogen-bond acceptors (Lipinski definition) is 3. The molecule has 1 rings (SSSR count). The van der Waals surface area contributed by atoms with E-state index in [0.717, 1.165) is 6.42 Å². The fraction of sp³-hybridized carbons (Fsp3) is 0.500. The van der Waals surface area contributed by atoms with Crippen molar-refractivity contribution in [1.82, 2.24) is 0 Å². The van der Waals surface area contributed by atoms with Crippen LogP contribution in [0.25, 0.3) is 0 Å². The van der Waals surface area contributed by atoms with Crippen LogP contribution < -0.4 is 4.74 Å². The third-order valence-electron chi connectivity index (χ3n) is 2.37. The molecule has 4 nitrogen and oxygen atoms in total. The minimum Gasteiger partial charge on any atom is -0.504 e. The first-order chi connectivity index (χ1) is 8.76. The maximum atomic E-state index is 9.43. The second-order valence-corrected chi connectivity index (χ2v) is 3.84. The van der Waals surface area contributed by atoms with E-state index in [-0.39, 0.29) is 12.2 Å². The first kappa shape index (κ1) is 16.3. The molecule has 0 atom stereocenters. The molecular weight excluding hydrogens is 232 g/mol. The number of ether oxygens (including phenoxy) is 1. The van der Waals surface area contributed by atoms with E-state index in [1.807, 2.05) is 6.07 Å². The number of rotatable bonds is 7. The fourth-order valence-electron chi connectivity index (χ4n) is 1.47. The molecule has 0 radical (unpaired) electrons. The molecule has 0 saturated carbocycles. The van der Waals surface area contributed by atoms with Gasteiger partial charge in [-0.05, 0) is 18.6 Å². The molecule has 0 aliphatic carbocycles. The van der Waals surface area contributed by atoms with Crippen LogP contribution in [0.2, 0.25) is 0 Å². The highest BCUT2D eigenvalue weighted by Crippen LogP contribution is 2.24. The number of phenols is 1. The molecule has 0 unspecified atom stereocenters. The molecule has 0 aromatic heterocycles. The number of hydrogen-bond donors (Lipinski definition) is 2. The first-order valence-corrected chi connectivity index (χ1v) is 6.24. The van der Waals surface area contributed by atoms with Crippen LogP contribution in [0.5, 0.6) is 11.5 Å². The summed E-state index contributed by atoms with van der Waals surface area (Å²) >= 11 is 0. The Kier molecular flexibility index (Phi) is 10.6. The number of carbonyl (C=O) groups is 1. The monoisotopic (exact) mass is 254 g/mol. The average molecular weight is 254 g/mol. The lowest BCUT2D eigenvalue weighted by atomic mass is 10.2. The number of para-hydroxylation sites is 2. The third kappa shape index (κ3) is 8.44. The van der Waals surface area contributed by atoms with Crippen LogP contribution in [0.4, 0.5) is 0 Å². The molecule has 18 heavy (non-hydrogen) atoms. The normalized spacial score (nSPS) is 9.17. The molecule has 0 aliphatic rings. The quantitative estimate of drug-likeness (QED) is 0.577. The van der Waals surface area contributed by atoms with E-state index in [9.17, 15) is 5.11 Å². The van der Waals surface area contributed by atoms with Crippen LogP contribution in [0.1, 0.15) is 39.0 Å². The predicted molar refractivity (Wildman–Crippen MR) is 71.1 cm³/mol. The molecule has 4 heteroatoms. The molecule has 0 bridgehead atoms. The molecule has 0 fully saturated rings. The molecule has 0 aliphatic heterocycles. The summed E-state index contributed by atoms with van der Waals surface area (Å²) in [6.45, 7) is 2.65. The van der Waals surface area contributed by atoms with Gasteiger partial charge in [0.15, 0.2) is 11.5 Å². The maximum Gasteiger partial charge on any atom is 0.290 e. The Morgan fingerprint density at radius 3 is 2.39 bits per heavy atom. The number of benzene rings is 1. The van der Waals surface area contributed by atoms with Gasteiger partial charge in [-0.1, -0.05) is 44.7 Å². The second kappa shape index (κ2) is 11.8. The van der Waals surface area contributed by atoms with Crippen molar-refractivity contribution < 1.29 is 19.7 Å². The van der Waals surface area contributed by atoms with Crippen molar-refractivity contribution in [2.24, 2.45) is 0 Å². The topological polar surface area (TPSA) is 66.8 Å². The van der Waals surface area contributed by atoms with Crippen LogP contribution >= 0.6 is 0 Å². The van der Waals surface area contributed by atoms with Crippen LogP contribution in [-0.2, 0) is 4.79 Å². The number of aromatic hydroxyl groups is 1. The summed E-state index contributed by atoms with van der Waals surface area (Å²) in [6.07, 6.45) is 6.12. The van der Waals surface area contributed by atoms with Gasteiger partial charge in [0.25, 0.3) is 6.47 Å². The minimum absolute atomic E-state index is 0.228. The van der Waals surface area contributed by atoms with Crippen molar-refractivity contribution in [2.75, 3.05) is 6.61 Å². The van der Waals surface area contributed by atoms with E-state index in [4.69, 9.17) is 14.6 Å². The average Bonchev–Trinajstić information content (AvgIpc) is 2.37. The van der Waals surface area contributed by atoms with Gasteiger partial charge >= 0.3 is 0 Å². The van der Waals surface area contributed by atoms with E-state index in [2.05, 4.69) is 6.92 Å². The van der Waals surface area contributed by atoms with Crippen molar-refractivity contribution in [3.05, 3.63) is 24.3 Å². The van der Waals surface area contributed by atoms with Gasteiger partial charge in [0.05, 0.1) is 6.61 Å². The molecule has 0 heterocycles. The summed E-state index contributed by atoms with van der Waals surface area (Å²) in [6, 6.07) is 7.10. The molecule has 0 spiro atoms. The van der Waals surface area contributed by atoms with E-state index >= 15 is 0 Å². The lowest BCUT2D eigenvalue weighted by molar-refractivity contribution is -0.122. The van der Waals surface area contributed by atoms with Crippen molar-refractivity contribution in [3.8, 4) is 11.5 Å². The lowest BCUT2D eigenvalue weighted by Gasteiger charge is -2.07. The molecule has 1 aromatic carbocycles. The van der Waals surface area contributed by atoms with Gasteiger partial charge in [0.2, 0.25) is 0 Å². The number of carboxylic acid groups (broad SMARTS) is 1. The molecular formula is C14H22O4. The highest BCUT2D eigenvalue weighted by molar-refractivity contribution is 5.37. The maximum absolute atomic E-state index is 9.43. The van der Waals surface area contributed by atoms with Gasteiger partial charge < -0.3 is 14.9 Å². The van der Waals surface area contributed by atoms with E-state index < -0.39 is 0 Å². The summed E-state index contributed by atoms with van der Waals surface area (Å²) in [4.78, 5) is 8.36. The van der Waals surface area contributed by atoms with Gasteiger partial charge in [0.1, 0.15) is 0 Å². The molecule has 102 valence electrons. The van der Waals surface area contributed by atoms with E-state index in [1.54, 1.807) is 18.2 Å². The summed E-state index contributed by atoms with van der Waals surface area (Å²) in [5, 5.41) is 16.3. The predicted octanol–water partition coefficient (Wildman–Crippen LogP) is 3.44. The van der Waals surface area contributed by atoms with Crippen molar-refractivity contribution in [2.45, 2.75) is 39.0 Å². The van der Waals surface area contributed by atoms with Crippen LogP contribution in [0, 0.1) is 0 Å². The number of unbranched alkanes of at least 4 members (excludes halogenated alkanes) is 4. The Bertz CT molecular complexity index is 312. The summed E-state index contributed by atoms with van der Waals surface area (Å²) in [5.74, 6) is 0.819. The molecule has 1 aromatic rings. The van der Waals surface area contributed by atoms with E-state index in [0.29, 0.717) is 12.4 Å². The molecule has 0 saturated heterocycles. The fourth-order valence-corrected chi connectivity index (χ4v) is 1.47. The highest BCUT2D eigenvalue weighted by atomic mass is 16.5. The van der Waals surface area contributed by atoms with E-state index in [1.165, 1.54) is 25.7 Å². The first-order valence-electron chi connectivity index (χ1n) is 6.24. The van der Waals surface area contributed by atoms with Crippen LogP contribution in [0.15, 0.2) is 24.3 Å². The Hall–Kier alpha value is -1.71. The largest absolute Gasteiger partial charge is 0.504 e. The highest BCUT2D eigenvalue weighted by Gasteiger charge is 1.99. The second-order valence-electron chi connectivity index (χ2n) is 3.84. The summed E-state index contributed by atoms with van der Waals surface area (Å²) < 4.78 is 5.47. The van der Waals surface area contributed by atoms with Gasteiger partial charge in [-0.2, -0.15) is 0 Å². The van der Waals surface area contributed by atoms with Crippen molar-refractivity contribution in [1.29, 1.82) is 0 Å². The van der Waals surface area contributed by atoms with Gasteiger partial charge in [-0.15, -0.1) is 0 Å². The van der Waals surface area contributed by atoms with Gasteiger partial charge in [-0.3, -0.25) is 4.79 Å². The molecule has 0 amide bonds. The minimum atomic E-state index is -0.250. The third-order valence-corrected chi connectivity index (χ3v) is 2.37. The SMILES string of the molecule is CCCCCCCOc1ccccc1O.O=CO. The Balaban J connectivity index is 0.000000873. The Morgan fingerprint density at radius 2 is 1.78 bits per heavy atom. The zero-order valence-electron chi connectivity index (χ0n) is 10.8. The molecule has 2 N–H and O–H groups in total.